The van der Waals surface area contributed by atoms with E-state index in [1.807, 2.05) is 0 Å². The van der Waals surface area contributed by atoms with Crippen LogP contribution in [0, 0.1) is 11.8 Å². The zero-order valence-corrected chi connectivity index (χ0v) is 14.6. The highest BCUT2D eigenvalue weighted by atomic mass is 16.5. The Kier molecular flexibility index (Phi) is 5.74. The number of benzene rings is 1. The summed E-state index contributed by atoms with van der Waals surface area (Å²) in [5, 5.41) is 3.16. The summed E-state index contributed by atoms with van der Waals surface area (Å²) in [5.74, 6) is 2.48. The van der Waals surface area contributed by atoms with Gasteiger partial charge in [-0.05, 0) is 30.4 Å². The van der Waals surface area contributed by atoms with Gasteiger partial charge in [0.05, 0.1) is 21.3 Å². The number of nitrogens with one attached hydrogen (secondary N) is 1. The Balaban J connectivity index is 2.22. The second kappa shape index (κ2) is 7.57. The van der Waals surface area contributed by atoms with Gasteiger partial charge in [-0.25, -0.2) is 0 Å². The van der Waals surface area contributed by atoms with Crippen LogP contribution in [0.5, 0.6) is 17.2 Å². The molecule has 1 amide bonds. The highest BCUT2D eigenvalue weighted by Crippen LogP contribution is 2.38. The van der Waals surface area contributed by atoms with E-state index in [0.717, 1.165) is 12.8 Å². The van der Waals surface area contributed by atoms with Gasteiger partial charge in [0, 0.05) is 11.6 Å². The highest BCUT2D eigenvalue weighted by molar-refractivity contribution is 5.95. The summed E-state index contributed by atoms with van der Waals surface area (Å²) >= 11 is 0. The van der Waals surface area contributed by atoms with Crippen LogP contribution in [-0.2, 0) is 0 Å². The molecule has 0 aromatic heterocycles. The minimum absolute atomic E-state index is 0.102. The predicted molar refractivity (Wildman–Crippen MR) is 89.5 cm³/mol. The number of carbonyl (C=O) groups excluding carboxylic acids is 1. The SMILES string of the molecule is COc1cc(C(=O)NC2CCCC(C)C2C)cc(OC)c1OC. The van der Waals surface area contributed by atoms with Gasteiger partial charge in [0.2, 0.25) is 5.75 Å². The quantitative estimate of drug-likeness (QED) is 0.904. The number of rotatable bonds is 5. The van der Waals surface area contributed by atoms with Crippen molar-refractivity contribution in [3.8, 4) is 17.2 Å². The first-order valence-electron chi connectivity index (χ1n) is 8.12. The lowest BCUT2D eigenvalue weighted by molar-refractivity contribution is 0.0890. The maximum Gasteiger partial charge on any atom is 0.251 e. The molecule has 5 heteroatoms. The number of hydrogen-bond acceptors (Lipinski definition) is 4. The van der Waals surface area contributed by atoms with Crippen LogP contribution in [0.3, 0.4) is 0 Å². The van der Waals surface area contributed by atoms with E-state index in [0.29, 0.717) is 34.6 Å². The van der Waals surface area contributed by atoms with Crippen LogP contribution in [-0.4, -0.2) is 33.3 Å². The number of hydrogen-bond donors (Lipinski definition) is 1. The number of carbonyl (C=O) groups is 1. The van der Waals surface area contributed by atoms with Gasteiger partial charge in [0.1, 0.15) is 0 Å². The van der Waals surface area contributed by atoms with Crippen molar-refractivity contribution in [3.05, 3.63) is 17.7 Å². The van der Waals surface area contributed by atoms with Crippen molar-refractivity contribution in [3.63, 3.8) is 0 Å². The fourth-order valence-corrected chi connectivity index (χ4v) is 3.25. The molecule has 1 aliphatic carbocycles. The summed E-state index contributed by atoms with van der Waals surface area (Å²) in [6, 6.07) is 3.59. The van der Waals surface area contributed by atoms with E-state index in [1.165, 1.54) is 6.42 Å². The molecule has 1 saturated carbocycles. The molecular formula is C18H27NO4. The van der Waals surface area contributed by atoms with Gasteiger partial charge in [0.15, 0.2) is 11.5 Å². The van der Waals surface area contributed by atoms with Crippen LogP contribution < -0.4 is 19.5 Å². The van der Waals surface area contributed by atoms with Crippen molar-refractivity contribution in [1.29, 1.82) is 0 Å². The van der Waals surface area contributed by atoms with Crippen molar-refractivity contribution in [2.24, 2.45) is 11.8 Å². The Hall–Kier alpha value is -1.91. The molecular weight excluding hydrogens is 294 g/mol. The number of amides is 1. The van der Waals surface area contributed by atoms with E-state index < -0.39 is 0 Å². The second-order valence-electron chi connectivity index (χ2n) is 6.26. The Bertz CT molecular complexity index is 533. The minimum Gasteiger partial charge on any atom is -0.493 e. The molecule has 128 valence electrons. The molecule has 0 saturated heterocycles. The molecule has 0 bridgehead atoms. The second-order valence-corrected chi connectivity index (χ2v) is 6.26. The Labute approximate surface area is 138 Å². The summed E-state index contributed by atoms with van der Waals surface area (Å²) in [4.78, 5) is 12.6. The summed E-state index contributed by atoms with van der Waals surface area (Å²) < 4.78 is 15.9. The monoisotopic (exact) mass is 321 g/mol. The lowest BCUT2D eigenvalue weighted by Gasteiger charge is -2.34. The first-order valence-corrected chi connectivity index (χ1v) is 8.12. The van der Waals surface area contributed by atoms with E-state index in [4.69, 9.17) is 14.2 Å². The lowest BCUT2D eigenvalue weighted by Crippen LogP contribution is -2.43. The maximum atomic E-state index is 12.6. The molecule has 3 atom stereocenters. The highest BCUT2D eigenvalue weighted by Gasteiger charge is 2.29. The van der Waals surface area contributed by atoms with E-state index in [-0.39, 0.29) is 11.9 Å². The normalized spacial score (nSPS) is 24.0. The summed E-state index contributed by atoms with van der Waals surface area (Å²) in [7, 11) is 4.64. The summed E-state index contributed by atoms with van der Waals surface area (Å²) in [6.07, 6.45) is 3.42. The van der Waals surface area contributed by atoms with Gasteiger partial charge < -0.3 is 19.5 Å². The molecule has 1 aliphatic rings. The summed E-state index contributed by atoms with van der Waals surface area (Å²) in [5.41, 5.74) is 0.518. The minimum atomic E-state index is -0.102. The fraction of sp³-hybridized carbons (Fsp3) is 0.611. The first kappa shape index (κ1) is 17.4. The van der Waals surface area contributed by atoms with Gasteiger partial charge in [-0.2, -0.15) is 0 Å². The molecule has 5 nitrogen and oxygen atoms in total. The van der Waals surface area contributed by atoms with Gasteiger partial charge in [-0.15, -0.1) is 0 Å². The topological polar surface area (TPSA) is 56.8 Å². The largest absolute Gasteiger partial charge is 0.493 e. The average molecular weight is 321 g/mol. The standard InChI is InChI=1S/C18H27NO4/c1-11-7-6-8-14(12(11)2)19-18(20)13-9-15(21-3)17(23-5)16(10-13)22-4/h9-12,14H,6-8H2,1-5H3,(H,19,20). The van der Waals surface area contributed by atoms with Gasteiger partial charge in [0.25, 0.3) is 5.91 Å². The van der Waals surface area contributed by atoms with Gasteiger partial charge in [-0.3, -0.25) is 4.79 Å². The zero-order valence-electron chi connectivity index (χ0n) is 14.6. The molecule has 1 aromatic carbocycles. The molecule has 0 spiro atoms. The van der Waals surface area contributed by atoms with E-state index >= 15 is 0 Å². The van der Waals surface area contributed by atoms with Gasteiger partial charge in [-0.1, -0.05) is 26.7 Å². The van der Waals surface area contributed by atoms with Crippen LogP contribution >= 0.6 is 0 Å². The fourth-order valence-electron chi connectivity index (χ4n) is 3.25. The lowest BCUT2D eigenvalue weighted by atomic mass is 9.78. The molecule has 23 heavy (non-hydrogen) atoms. The van der Waals surface area contributed by atoms with Crippen molar-refractivity contribution in [1.82, 2.24) is 5.32 Å². The molecule has 1 N–H and O–H groups in total. The first-order chi connectivity index (χ1) is 11.0. The third kappa shape index (κ3) is 3.71. The van der Waals surface area contributed by atoms with Crippen molar-refractivity contribution in [2.75, 3.05) is 21.3 Å². The van der Waals surface area contributed by atoms with Crippen LogP contribution in [0.1, 0.15) is 43.5 Å². The maximum absolute atomic E-state index is 12.6. The third-order valence-corrected chi connectivity index (χ3v) is 4.95. The zero-order chi connectivity index (χ0) is 17.0. The molecule has 0 heterocycles. The van der Waals surface area contributed by atoms with Crippen molar-refractivity contribution < 1.29 is 19.0 Å². The molecule has 2 rings (SSSR count). The Morgan fingerprint density at radius 2 is 1.65 bits per heavy atom. The summed E-state index contributed by atoms with van der Waals surface area (Å²) in [6.45, 7) is 4.46. The van der Waals surface area contributed by atoms with E-state index in [9.17, 15) is 4.79 Å². The van der Waals surface area contributed by atoms with Gasteiger partial charge >= 0.3 is 0 Å². The predicted octanol–water partition coefficient (Wildman–Crippen LogP) is 3.27. The van der Waals surface area contributed by atoms with E-state index in [1.54, 1.807) is 33.5 Å². The molecule has 1 fully saturated rings. The average Bonchev–Trinajstić information content (AvgIpc) is 2.57. The molecule has 0 radical (unpaired) electrons. The smallest absolute Gasteiger partial charge is 0.251 e. The third-order valence-electron chi connectivity index (χ3n) is 4.95. The van der Waals surface area contributed by atoms with Crippen LogP contribution in [0.4, 0.5) is 0 Å². The van der Waals surface area contributed by atoms with Crippen molar-refractivity contribution in [2.45, 2.75) is 39.2 Å². The van der Waals surface area contributed by atoms with Crippen LogP contribution in [0.2, 0.25) is 0 Å². The number of methoxy groups -OCH3 is 3. The van der Waals surface area contributed by atoms with E-state index in [2.05, 4.69) is 19.2 Å². The van der Waals surface area contributed by atoms with Crippen LogP contribution in [0.25, 0.3) is 0 Å². The number of ether oxygens (including phenoxy) is 3. The Morgan fingerprint density at radius 1 is 1.04 bits per heavy atom. The molecule has 0 aliphatic heterocycles. The molecule has 1 aromatic rings. The molecule has 3 unspecified atom stereocenters. The van der Waals surface area contributed by atoms with Crippen molar-refractivity contribution >= 4 is 5.91 Å². The van der Waals surface area contributed by atoms with Crippen LogP contribution in [0.15, 0.2) is 12.1 Å². The Morgan fingerprint density at radius 3 is 2.17 bits per heavy atom.